The van der Waals surface area contributed by atoms with Gasteiger partial charge in [0, 0.05) is 12.8 Å². The predicted octanol–water partition coefficient (Wildman–Crippen LogP) is 4.00. The minimum atomic E-state index is 0.297. The van der Waals surface area contributed by atoms with Crippen LogP contribution in [0.15, 0.2) is 48.5 Å². The standard InChI is InChI=1S/C21H20N2O2/c1-14-18(10-16-6-4-3-5-7-16)22-15(2)23-19(14)11-17-8-9-20-21(12-17)25-13-24-20/h3-9,12H,10-11,13H2,1-2H3. The SMILES string of the molecule is Cc1nc(Cc2ccccc2)c(C)c(Cc2ccc3c(c2)OCO3)n1. The molecule has 1 aliphatic rings. The Hall–Kier alpha value is -2.88. The molecule has 0 saturated heterocycles. The molecule has 2 heterocycles. The van der Waals surface area contributed by atoms with E-state index in [0.29, 0.717) is 6.79 Å². The van der Waals surface area contributed by atoms with Crippen LogP contribution < -0.4 is 9.47 Å². The van der Waals surface area contributed by atoms with Crippen LogP contribution in [0.3, 0.4) is 0 Å². The van der Waals surface area contributed by atoms with Crippen LogP contribution in [0.5, 0.6) is 11.5 Å². The van der Waals surface area contributed by atoms with E-state index in [4.69, 9.17) is 9.47 Å². The van der Waals surface area contributed by atoms with Crippen molar-refractivity contribution < 1.29 is 9.47 Å². The molecule has 4 heteroatoms. The van der Waals surface area contributed by atoms with Gasteiger partial charge in [0.25, 0.3) is 0 Å². The van der Waals surface area contributed by atoms with E-state index in [9.17, 15) is 0 Å². The van der Waals surface area contributed by atoms with Crippen LogP contribution in [0.4, 0.5) is 0 Å². The normalized spacial score (nSPS) is 12.4. The maximum absolute atomic E-state index is 5.48. The number of nitrogens with zero attached hydrogens (tertiary/aromatic N) is 2. The number of benzene rings is 2. The van der Waals surface area contributed by atoms with Gasteiger partial charge < -0.3 is 9.47 Å². The highest BCUT2D eigenvalue weighted by Gasteiger charge is 2.15. The second-order valence-electron chi connectivity index (χ2n) is 6.32. The number of fused-ring (bicyclic) bond motifs is 1. The van der Waals surface area contributed by atoms with Crippen LogP contribution in [0.25, 0.3) is 0 Å². The highest BCUT2D eigenvalue weighted by Crippen LogP contribution is 2.33. The average Bonchev–Trinajstić information content (AvgIpc) is 3.07. The maximum atomic E-state index is 5.48. The molecule has 0 saturated carbocycles. The van der Waals surface area contributed by atoms with E-state index < -0.39 is 0 Å². The summed E-state index contributed by atoms with van der Waals surface area (Å²) in [5.74, 6) is 2.43. The van der Waals surface area contributed by atoms with E-state index in [1.165, 1.54) is 5.56 Å². The number of hydrogen-bond acceptors (Lipinski definition) is 4. The molecule has 0 aliphatic carbocycles. The second-order valence-corrected chi connectivity index (χ2v) is 6.32. The summed E-state index contributed by atoms with van der Waals surface area (Å²) in [6.45, 7) is 4.36. The Morgan fingerprint density at radius 1 is 0.800 bits per heavy atom. The number of ether oxygens (including phenoxy) is 2. The Balaban J connectivity index is 1.63. The van der Waals surface area contributed by atoms with Gasteiger partial charge in [0.2, 0.25) is 6.79 Å². The Morgan fingerprint density at radius 2 is 1.48 bits per heavy atom. The third-order valence-electron chi connectivity index (χ3n) is 4.48. The molecule has 0 amide bonds. The Bertz CT molecular complexity index is 907. The predicted molar refractivity (Wildman–Crippen MR) is 96.1 cm³/mol. The van der Waals surface area contributed by atoms with Crippen molar-refractivity contribution in [1.82, 2.24) is 9.97 Å². The molecule has 0 spiro atoms. The summed E-state index contributed by atoms with van der Waals surface area (Å²) in [5.41, 5.74) is 5.74. The fraction of sp³-hybridized carbons (Fsp3) is 0.238. The van der Waals surface area contributed by atoms with Crippen molar-refractivity contribution in [3.05, 3.63) is 82.4 Å². The van der Waals surface area contributed by atoms with Gasteiger partial charge >= 0.3 is 0 Å². The summed E-state index contributed by atoms with van der Waals surface area (Å²) >= 11 is 0. The number of hydrogen-bond donors (Lipinski definition) is 0. The number of rotatable bonds is 4. The molecule has 4 nitrogen and oxygen atoms in total. The van der Waals surface area contributed by atoms with Gasteiger partial charge in [-0.05, 0) is 42.7 Å². The zero-order valence-corrected chi connectivity index (χ0v) is 14.5. The average molecular weight is 332 g/mol. The van der Waals surface area contributed by atoms with E-state index in [0.717, 1.165) is 52.7 Å². The van der Waals surface area contributed by atoms with Gasteiger partial charge in [-0.2, -0.15) is 0 Å². The fourth-order valence-electron chi connectivity index (χ4n) is 3.13. The van der Waals surface area contributed by atoms with Gasteiger partial charge in [0.15, 0.2) is 11.5 Å². The van der Waals surface area contributed by atoms with Crippen LogP contribution in [0, 0.1) is 13.8 Å². The van der Waals surface area contributed by atoms with Crippen LogP contribution in [-0.2, 0) is 12.8 Å². The number of aryl methyl sites for hydroxylation is 1. The minimum absolute atomic E-state index is 0.297. The Morgan fingerprint density at radius 3 is 2.24 bits per heavy atom. The molecule has 1 aromatic heterocycles. The van der Waals surface area contributed by atoms with Crippen LogP contribution in [-0.4, -0.2) is 16.8 Å². The third-order valence-corrected chi connectivity index (χ3v) is 4.48. The zero-order valence-electron chi connectivity index (χ0n) is 14.5. The quantitative estimate of drug-likeness (QED) is 0.724. The van der Waals surface area contributed by atoms with E-state index in [1.807, 2.05) is 25.1 Å². The monoisotopic (exact) mass is 332 g/mol. The highest BCUT2D eigenvalue weighted by atomic mass is 16.7. The first-order valence-electron chi connectivity index (χ1n) is 8.44. The van der Waals surface area contributed by atoms with Gasteiger partial charge in [-0.3, -0.25) is 0 Å². The zero-order chi connectivity index (χ0) is 17.2. The first-order valence-corrected chi connectivity index (χ1v) is 8.44. The van der Waals surface area contributed by atoms with E-state index in [-0.39, 0.29) is 0 Å². The lowest BCUT2D eigenvalue weighted by Gasteiger charge is -2.12. The van der Waals surface area contributed by atoms with Crippen LogP contribution in [0.2, 0.25) is 0 Å². The third kappa shape index (κ3) is 3.33. The topological polar surface area (TPSA) is 44.2 Å². The Kier molecular flexibility index (Phi) is 4.10. The molecule has 0 fully saturated rings. The lowest BCUT2D eigenvalue weighted by atomic mass is 10.0. The van der Waals surface area contributed by atoms with Crippen molar-refractivity contribution in [1.29, 1.82) is 0 Å². The maximum Gasteiger partial charge on any atom is 0.231 e. The van der Waals surface area contributed by atoms with Gasteiger partial charge in [0.05, 0.1) is 11.4 Å². The lowest BCUT2D eigenvalue weighted by Crippen LogP contribution is -2.07. The molecule has 0 atom stereocenters. The first-order chi connectivity index (χ1) is 12.2. The molecule has 2 aromatic carbocycles. The molecule has 0 radical (unpaired) electrons. The van der Waals surface area contributed by atoms with Crippen molar-refractivity contribution in [2.24, 2.45) is 0 Å². The van der Waals surface area contributed by atoms with Crippen molar-refractivity contribution >= 4 is 0 Å². The van der Waals surface area contributed by atoms with E-state index in [2.05, 4.69) is 47.2 Å². The summed E-state index contributed by atoms with van der Waals surface area (Å²) in [4.78, 5) is 9.35. The molecule has 4 rings (SSSR count). The first kappa shape index (κ1) is 15.6. The summed E-state index contributed by atoms with van der Waals surface area (Å²) in [7, 11) is 0. The van der Waals surface area contributed by atoms with Gasteiger partial charge in [-0.1, -0.05) is 36.4 Å². The number of aromatic nitrogens is 2. The molecule has 0 bridgehead atoms. The van der Waals surface area contributed by atoms with Crippen molar-refractivity contribution in [2.75, 3.05) is 6.79 Å². The van der Waals surface area contributed by atoms with E-state index >= 15 is 0 Å². The largest absolute Gasteiger partial charge is 0.454 e. The minimum Gasteiger partial charge on any atom is -0.454 e. The molecule has 0 unspecified atom stereocenters. The van der Waals surface area contributed by atoms with Gasteiger partial charge in [-0.15, -0.1) is 0 Å². The van der Waals surface area contributed by atoms with Crippen LogP contribution >= 0.6 is 0 Å². The molecular formula is C21H20N2O2. The molecule has 25 heavy (non-hydrogen) atoms. The Labute approximate surface area is 147 Å². The van der Waals surface area contributed by atoms with Gasteiger partial charge in [-0.25, -0.2) is 9.97 Å². The molecule has 3 aromatic rings. The van der Waals surface area contributed by atoms with Crippen molar-refractivity contribution in [3.63, 3.8) is 0 Å². The summed E-state index contributed by atoms with van der Waals surface area (Å²) in [6, 6.07) is 16.5. The van der Waals surface area contributed by atoms with Crippen molar-refractivity contribution in [3.8, 4) is 11.5 Å². The molecule has 126 valence electrons. The lowest BCUT2D eigenvalue weighted by molar-refractivity contribution is 0.174. The molecular weight excluding hydrogens is 312 g/mol. The second kappa shape index (κ2) is 6.55. The van der Waals surface area contributed by atoms with Gasteiger partial charge in [0.1, 0.15) is 5.82 Å². The van der Waals surface area contributed by atoms with E-state index in [1.54, 1.807) is 0 Å². The smallest absolute Gasteiger partial charge is 0.231 e. The summed E-state index contributed by atoms with van der Waals surface area (Å²) in [5, 5.41) is 0. The summed E-state index contributed by atoms with van der Waals surface area (Å²) in [6.07, 6.45) is 1.58. The van der Waals surface area contributed by atoms with Crippen molar-refractivity contribution in [2.45, 2.75) is 26.7 Å². The van der Waals surface area contributed by atoms with Crippen LogP contribution in [0.1, 0.15) is 33.9 Å². The summed E-state index contributed by atoms with van der Waals surface area (Å²) < 4.78 is 10.9. The highest BCUT2D eigenvalue weighted by molar-refractivity contribution is 5.46. The fourth-order valence-corrected chi connectivity index (χ4v) is 3.13. The molecule has 0 N–H and O–H groups in total. The molecule has 1 aliphatic heterocycles.